The van der Waals surface area contributed by atoms with Crippen LogP contribution in [0.15, 0.2) is 12.3 Å². The van der Waals surface area contributed by atoms with Crippen LogP contribution in [0.25, 0.3) is 0 Å². The van der Waals surface area contributed by atoms with E-state index in [-0.39, 0.29) is 11.6 Å². The highest BCUT2D eigenvalue weighted by atomic mass is 16.5. The molecule has 3 N–H and O–H groups in total. The van der Waals surface area contributed by atoms with Gasteiger partial charge in [-0.25, -0.2) is 4.98 Å². The monoisotopic (exact) mass is 279 g/mol. The Morgan fingerprint density at radius 1 is 1.50 bits per heavy atom. The van der Waals surface area contributed by atoms with Gasteiger partial charge >= 0.3 is 0 Å². The first-order chi connectivity index (χ1) is 9.64. The number of anilines is 1. The van der Waals surface area contributed by atoms with Gasteiger partial charge in [-0.3, -0.25) is 0 Å². The van der Waals surface area contributed by atoms with Crippen molar-refractivity contribution in [2.45, 2.75) is 38.3 Å². The van der Waals surface area contributed by atoms with Gasteiger partial charge in [-0.2, -0.15) is 0 Å². The Balaban J connectivity index is 2.44. The maximum Gasteiger partial charge on any atom is 0.128 e. The number of nitrogen functional groups attached to an aromatic ring is 1. The van der Waals surface area contributed by atoms with Crippen molar-refractivity contribution in [3.63, 3.8) is 0 Å². The summed E-state index contributed by atoms with van der Waals surface area (Å²) in [6, 6.07) is 2.04. The van der Waals surface area contributed by atoms with Gasteiger partial charge in [-0.05, 0) is 25.1 Å². The van der Waals surface area contributed by atoms with Crippen LogP contribution in [-0.2, 0) is 9.47 Å². The normalized spacial score (nSPS) is 19.8. The molecule has 0 spiro atoms. The number of aryl methyl sites for hydroxylation is 1. The zero-order valence-electron chi connectivity index (χ0n) is 12.6. The molecule has 0 amide bonds. The van der Waals surface area contributed by atoms with Gasteiger partial charge in [-0.15, -0.1) is 0 Å². The predicted octanol–water partition coefficient (Wildman–Crippen LogP) is 1.82. The Labute approximate surface area is 120 Å². The molecule has 0 radical (unpaired) electrons. The number of nitrogens with one attached hydrogen (secondary N) is 1. The first-order valence-electron chi connectivity index (χ1n) is 7.22. The summed E-state index contributed by atoms with van der Waals surface area (Å²) in [7, 11) is 1.78. The van der Waals surface area contributed by atoms with Crippen molar-refractivity contribution in [2.24, 2.45) is 0 Å². The zero-order valence-corrected chi connectivity index (χ0v) is 12.6. The number of hydrogen-bond donors (Lipinski definition) is 2. The average Bonchev–Trinajstić information content (AvgIpc) is 2.47. The molecule has 1 aromatic heterocycles. The molecule has 5 nitrogen and oxygen atoms in total. The minimum absolute atomic E-state index is 0.0371. The van der Waals surface area contributed by atoms with Crippen molar-refractivity contribution < 1.29 is 9.47 Å². The van der Waals surface area contributed by atoms with Gasteiger partial charge in [0.15, 0.2) is 0 Å². The van der Waals surface area contributed by atoms with Gasteiger partial charge in [0.25, 0.3) is 0 Å². The van der Waals surface area contributed by atoms with Crippen LogP contribution in [0.3, 0.4) is 0 Å². The van der Waals surface area contributed by atoms with Crippen molar-refractivity contribution >= 4 is 5.82 Å². The van der Waals surface area contributed by atoms with Gasteiger partial charge in [0, 0.05) is 44.9 Å². The van der Waals surface area contributed by atoms with E-state index in [1.807, 2.05) is 6.07 Å². The standard InChI is InChI=1S/C15H25N3O2/c1-4-17-13(12-11(2)5-8-18-14(12)16)15(19-3)6-9-20-10-7-15/h5,8,13,17H,4,6-7,9-10H2,1-3H3,(H2,16,18). The summed E-state index contributed by atoms with van der Waals surface area (Å²) >= 11 is 0. The van der Waals surface area contributed by atoms with Gasteiger partial charge in [0.05, 0.1) is 11.6 Å². The molecule has 1 saturated heterocycles. The van der Waals surface area contributed by atoms with Crippen LogP contribution in [0.5, 0.6) is 0 Å². The molecule has 0 aromatic carbocycles. The predicted molar refractivity (Wildman–Crippen MR) is 79.6 cm³/mol. The lowest BCUT2D eigenvalue weighted by Gasteiger charge is -2.43. The van der Waals surface area contributed by atoms with E-state index in [2.05, 4.69) is 24.1 Å². The van der Waals surface area contributed by atoms with E-state index in [4.69, 9.17) is 15.2 Å². The van der Waals surface area contributed by atoms with Crippen LogP contribution in [0, 0.1) is 6.92 Å². The number of hydrogen-bond acceptors (Lipinski definition) is 5. The number of ether oxygens (including phenoxy) is 2. The molecular formula is C15H25N3O2. The molecule has 1 aliphatic rings. The number of nitrogens with two attached hydrogens (primary N) is 1. The maximum absolute atomic E-state index is 6.13. The molecule has 1 atom stereocenters. The Morgan fingerprint density at radius 3 is 2.75 bits per heavy atom. The third-order valence-electron chi connectivity index (χ3n) is 4.21. The van der Waals surface area contributed by atoms with Crippen LogP contribution >= 0.6 is 0 Å². The number of aromatic nitrogens is 1. The van der Waals surface area contributed by atoms with Crippen molar-refractivity contribution in [1.29, 1.82) is 0 Å². The Morgan fingerprint density at radius 2 is 2.20 bits per heavy atom. The Kier molecular flexibility index (Phi) is 4.96. The van der Waals surface area contributed by atoms with E-state index < -0.39 is 0 Å². The molecule has 2 rings (SSSR count). The van der Waals surface area contributed by atoms with Crippen molar-refractivity contribution in [3.05, 3.63) is 23.4 Å². The van der Waals surface area contributed by atoms with Crippen molar-refractivity contribution in [1.82, 2.24) is 10.3 Å². The third kappa shape index (κ3) is 2.80. The molecule has 1 aromatic rings. The van der Waals surface area contributed by atoms with Crippen LogP contribution in [0.1, 0.15) is 36.9 Å². The molecule has 2 heterocycles. The van der Waals surface area contributed by atoms with E-state index in [1.165, 1.54) is 0 Å². The number of likely N-dealkylation sites (N-methyl/N-ethyl adjacent to an activating group) is 1. The second-order valence-electron chi connectivity index (χ2n) is 5.30. The molecule has 0 aliphatic carbocycles. The Bertz CT molecular complexity index is 424. The summed E-state index contributed by atoms with van der Waals surface area (Å²) in [5, 5.41) is 3.54. The second-order valence-corrected chi connectivity index (χ2v) is 5.30. The van der Waals surface area contributed by atoms with Gasteiger partial charge < -0.3 is 20.5 Å². The van der Waals surface area contributed by atoms with E-state index in [1.54, 1.807) is 13.3 Å². The zero-order chi connectivity index (χ0) is 14.6. The second kappa shape index (κ2) is 6.52. The fourth-order valence-electron chi connectivity index (χ4n) is 3.05. The molecular weight excluding hydrogens is 254 g/mol. The first-order valence-corrected chi connectivity index (χ1v) is 7.22. The van der Waals surface area contributed by atoms with Crippen LogP contribution < -0.4 is 11.1 Å². The van der Waals surface area contributed by atoms with E-state index >= 15 is 0 Å². The van der Waals surface area contributed by atoms with Gasteiger partial charge in [0.2, 0.25) is 0 Å². The molecule has 5 heteroatoms. The number of pyridine rings is 1. The van der Waals surface area contributed by atoms with Crippen LogP contribution in [0.4, 0.5) is 5.82 Å². The smallest absolute Gasteiger partial charge is 0.128 e. The maximum atomic E-state index is 6.13. The number of rotatable bonds is 5. The summed E-state index contributed by atoms with van der Waals surface area (Å²) in [6.07, 6.45) is 3.46. The Hall–Kier alpha value is -1.17. The van der Waals surface area contributed by atoms with Crippen molar-refractivity contribution in [3.8, 4) is 0 Å². The minimum Gasteiger partial charge on any atom is -0.383 e. The summed E-state index contributed by atoms with van der Waals surface area (Å²) in [5.41, 5.74) is 8.05. The summed E-state index contributed by atoms with van der Waals surface area (Å²) in [5.74, 6) is 0.582. The summed E-state index contributed by atoms with van der Waals surface area (Å²) in [6.45, 7) is 6.45. The van der Waals surface area contributed by atoms with Gasteiger partial charge in [0.1, 0.15) is 5.82 Å². The van der Waals surface area contributed by atoms with Crippen LogP contribution in [0.2, 0.25) is 0 Å². The molecule has 20 heavy (non-hydrogen) atoms. The molecule has 112 valence electrons. The average molecular weight is 279 g/mol. The molecule has 0 saturated carbocycles. The molecule has 1 fully saturated rings. The van der Waals surface area contributed by atoms with E-state index in [0.29, 0.717) is 5.82 Å². The quantitative estimate of drug-likeness (QED) is 0.860. The SMILES string of the molecule is CCNC(c1c(C)ccnc1N)C1(OC)CCOCC1. The fraction of sp³-hybridized carbons (Fsp3) is 0.667. The van der Waals surface area contributed by atoms with E-state index in [0.717, 1.165) is 43.7 Å². The largest absolute Gasteiger partial charge is 0.383 e. The topological polar surface area (TPSA) is 69.4 Å². The van der Waals surface area contributed by atoms with E-state index in [9.17, 15) is 0 Å². The summed E-state index contributed by atoms with van der Waals surface area (Å²) < 4.78 is 11.4. The highest BCUT2D eigenvalue weighted by Gasteiger charge is 2.42. The molecule has 1 aliphatic heterocycles. The fourth-order valence-corrected chi connectivity index (χ4v) is 3.05. The highest BCUT2D eigenvalue weighted by molar-refractivity contribution is 5.47. The molecule has 0 bridgehead atoms. The third-order valence-corrected chi connectivity index (χ3v) is 4.21. The van der Waals surface area contributed by atoms with Crippen molar-refractivity contribution in [2.75, 3.05) is 32.6 Å². The lowest BCUT2D eigenvalue weighted by atomic mass is 9.80. The lowest BCUT2D eigenvalue weighted by molar-refractivity contribution is -0.111. The number of nitrogens with zero attached hydrogens (tertiary/aromatic N) is 1. The van der Waals surface area contributed by atoms with Gasteiger partial charge in [-0.1, -0.05) is 6.92 Å². The minimum atomic E-state index is -0.282. The van der Waals surface area contributed by atoms with Crippen LogP contribution in [-0.4, -0.2) is 37.5 Å². The number of methoxy groups -OCH3 is 1. The summed E-state index contributed by atoms with van der Waals surface area (Å²) in [4.78, 5) is 4.25. The first kappa shape index (κ1) is 15.2. The highest BCUT2D eigenvalue weighted by Crippen LogP contribution is 2.40. The lowest BCUT2D eigenvalue weighted by Crippen LogP contribution is -2.49. The molecule has 1 unspecified atom stereocenters.